The average Bonchev–Trinajstić information content (AvgIpc) is 1.92. The second-order valence-corrected chi connectivity index (χ2v) is 1.26. The molecule has 0 rings (SSSR count). The van der Waals surface area contributed by atoms with Crippen molar-refractivity contribution < 1.29 is 51.5 Å². The first-order chi connectivity index (χ1) is 5.66. The normalized spacial score (nSPS) is 5.54. The molecule has 0 aromatic rings. The predicted octanol–water partition coefficient (Wildman–Crippen LogP) is -0.00560. The van der Waals surface area contributed by atoms with E-state index in [1.54, 1.807) is 27.7 Å². The standard InChI is InChI=1S/4C2H6O.U/c4*1-2-3;/h4*3H,2H2,1H3;. The fraction of sp³-hybridized carbons (Fsp3) is 1.00. The van der Waals surface area contributed by atoms with Gasteiger partial charge in [-0.2, -0.15) is 0 Å². The summed E-state index contributed by atoms with van der Waals surface area (Å²) in [5.74, 6) is 0. The van der Waals surface area contributed by atoms with Gasteiger partial charge in [0, 0.05) is 57.5 Å². The average molecular weight is 422 g/mol. The van der Waals surface area contributed by atoms with Gasteiger partial charge < -0.3 is 20.4 Å². The molecule has 0 aliphatic heterocycles. The van der Waals surface area contributed by atoms with Crippen molar-refractivity contribution in [1.29, 1.82) is 0 Å². The van der Waals surface area contributed by atoms with Crippen LogP contribution in [0.25, 0.3) is 0 Å². The molecule has 0 bridgehead atoms. The predicted molar refractivity (Wildman–Crippen MR) is 51.0 cm³/mol. The zero-order chi connectivity index (χ0) is 10.8. The van der Waals surface area contributed by atoms with Crippen molar-refractivity contribution in [1.82, 2.24) is 0 Å². The maximum absolute atomic E-state index is 7.57. The van der Waals surface area contributed by atoms with E-state index in [0.717, 1.165) is 0 Å². The van der Waals surface area contributed by atoms with E-state index in [-0.39, 0.29) is 57.5 Å². The van der Waals surface area contributed by atoms with Gasteiger partial charge in [-0.3, -0.25) is 0 Å². The molecule has 0 aromatic carbocycles. The first-order valence-electron chi connectivity index (χ1n) is 4.09. The van der Waals surface area contributed by atoms with Gasteiger partial charge in [0.05, 0.1) is 0 Å². The van der Waals surface area contributed by atoms with Crippen LogP contribution in [0.3, 0.4) is 0 Å². The van der Waals surface area contributed by atoms with Crippen LogP contribution >= 0.6 is 0 Å². The van der Waals surface area contributed by atoms with Crippen LogP contribution in [0.1, 0.15) is 27.7 Å². The summed E-state index contributed by atoms with van der Waals surface area (Å²) in [6.45, 7) is 7.72. The minimum atomic E-state index is 0. The number of hydrogen-bond acceptors (Lipinski definition) is 4. The van der Waals surface area contributed by atoms with Gasteiger partial charge in [0.25, 0.3) is 0 Å². The zero-order valence-electron chi connectivity index (χ0n) is 9.12. The van der Waals surface area contributed by atoms with Crippen LogP contribution in [0.2, 0.25) is 0 Å². The van der Waals surface area contributed by atoms with Gasteiger partial charge >= 0.3 is 0 Å². The fourth-order valence-corrected chi connectivity index (χ4v) is 0. The molecule has 0 aromatic heterocycles. The third kappa shape index (κ3) is 1920. The van der Waals surface area contributed by atoms with Gasteiger partial charge in [0.15, 0.2) is 0 Å². The minimum absolute atomic E-state index is 0. The van der Waals surface area contributed by atoms with Gasteiger partial charge in [-0.05, 0) is 27.7 Å². The van der Waals surface area contributed by atoms with Crippen molar-refractivity contribution in [2.45, 2.75) is 27.7 Å². The van der Waals surface area contributed by atoms with Crippen LogP contribution < -0.4 is 0 Å². The molecule has 0 saturated carbocycles. The molecular weight excluding hydrogens is 398 g/mol. The first kappa shape index (κ1) is 29.2. The van der Waals surface area contributed by atoms with Crippen LogP contribution in [0.4, 0.5) is 0 Å². The number of aliphatic hydroxyl groups is 4. The van der Waals surface area contributed by atoms with E-state index in [4.69, 9.17) is 20.4 Å². The van der Waals surface area contributed by atoms with Crippen molar-refractivity contribution in [2.75, 3.05) is 26.4 Å². The quantitative estimate of drug-likeness (QED) is 0.443. The first-order valence-corrected chi connectivity index (χ1v) is 4.09. The maximum atomic E-state index is 7.57. The Morgan fingerprint density at radius 3 is 0.538 bits per heavy atom. The molecule has 4 nitrogen and oxygen atoms in total. The summed E-state index contributed by atoms with van der Waals surface area (Å²) in [4.78, 5) is 0. The Hall–Kier alpha value is 0.892. The van der Waals surface area contributed by atoms with Crippen molar-refractivity contribution in [2.24, 2.45) is 0 Å². The zero-order valence-corrected chi connectivity index (χ0v) is 13.3. The van der Waals surface area contributed by atoms with Crippen LogP contribution in [-0.4, -0.2) is 46.9 Å². The Balaban J connectivity index is -0.0000000213. The van der Waals surface area contributed by atoms with Crippen LogP contribution in [0.15, 0.2) is 0 Å². The van der Waals surface area contributed by atoms with Gasteiger partial charge in [0.1, 0.15) is 0 Å². The minimum Gasteiger partial charge on any atom is -0.397 e. The molecule has 0 spiro atoms. The summed E-state index contributed by atoms with van der Waals surface area (Å²) in [5.41, 5.74) is 0. The van der Waals surface area contributed by atoms with Gasteiger partial charge in [-0.15, -0.1) is 0 Å². The van der Waals surface area contributed by atoms with Crippen LogP contribution in [0.5, 0.6) is 0 Å². The Morgan fingerprint density at radius 2 is 0.538 bits per heavy atom. The second-order valence-electron chi connectivity index (χ2n) is 1.26. The Labute approximate surface area is 105 Å². The molecule has 0 fully saturated rings. The third-order valence-corrected chi connectivity index (χ3v) is 0. The van der Waals surface area contributed by atoms with Crippen molar-refractivity contribution in [3.8, 4) is 0 Å². The Morgan fingerprint density at radius 1 is 0.538 bits per heavy atom. The summed E-state index contributed by atoms with van der Waals surface area (Å²) >= 11 is 0. The molecule has 0 saturated heterocycles. The molecule has 13 heavy (non-hydrogen) atoms. The van der Waals surface area contributed by atoms with E-state index in [2.05, 4.69) is 0 Å². The smallest absolute Gasteiger partial charge is 0.0402 e. The van der Waals surface area contributed by atoms with Crippen LogP contribution in [-0.2, 0) is 0 Å². The molecule has 5 heteroatoms. The topological polar surface area (TPSA) is 80.9 Å². The Bertz CT molecular complexity index is 24.1. The molecule has 0 aliphatic rings. The van der Waals surface area contributed by atoms with Crippen molar-refractivity contribution >= 4 is 0 Å². The SMILES string of the molecule is CCO.CCO.CCO.CCO.[U]. The maximum Gasteiger partial charge on any atom is 0.0402 e. The van der Waals surface area contributed by atoms with Crippen molar-refractivity contribution in [3.05, 3.63) is 0 Å². The molecule has 0 unspecified atom stereocenters. The van der Waals surface area contributed by atoms with Crippen molar-refractivity contribution in [3.63, 3.8) is 0 Å². The fourth-order valence-electron chi connectivity index (χ4n) is 0. The molecule has 4 N–H and O–H groups in total. The van der Waals surface area contributed by atoms with Gasteiger partial charge in [0.2, 0.25) is 0 Å². The van der Waals surface area contributed by atoms with Gasteiger partial charge in [-0.25, -0.2) is 0 Å². The summed E-state index contributed by atoms with van der Waals surface area (Å²) < 4.78 is 0. The second kappa shape index (κ2) is 76.2. The van der Waals surface area contributed by atoms with E-state index in [0.29, 0.717) is 0 Å². The molecule has 0 heterocycles. The van der Waals surface area contributed by atoms with Crippen LogP contribution in [0, 0.1) is 31.1 Å². The molecule has 0 aliphatic carbocycles. The van der Waals surface area contributed by atoms with E-state index < -0.39 is 0 Å². The van der Waals surface area contributed by atoms with E-state index in [1.807, 2.05) is 0 Å². The molecular formula is C8H24O4U. The summed E-state index contributed by atoms with van der Waals surface area (Å²) in [7, 11) is 0. The van der Waals surface area contributed by atoms with E-state index >= 15 is 0 Å². The van der Waals surface area contributed by atoms with E-state index in [1.165, 1.54) is 0 Å². The molecule has 0 amide bonds. The summed E-state index contributed by atoms with van der Waals surface area (Å²) in [5, 5.41) is 30.3. The van der Waals surface area contributed by atoms with E-state index in [9.17, 15) is 0 Å². The number of hydrogen-bond donors (Lipinski definition) is 4. The monoisotopic (exact) mass is 422 g/mol. The number of rotatable bonds is 0. The van der Waals surface area contributed by atoms with Gasteiger partial charge in [-0.1, -0.05) is 0 Å². The summed E-state index contributed by atoms with van der Waals surface area (Å²) in [6, 6.07) is 0. The number of aliphatic hydroxyl groups excluding tert-OH is 4. The molecule has 0 radical (unpaired) electrons. The Kier molecular flexibility index (Phi) is 171. The summed E-state index contributed by atoms with van der Waals surface area (Å²) in [6.07, 6.45) is 0. The largest absolute Gasteiger partial charge is 0.397 e. The third-order valence-electron chi connectivity index (χ3n) is 0. The molecule has 84 valence electrons. The molecule has 0 atom stereocenters.